The van der Waals surface area contributed by atoms with Crippen molar-refractivity contribution in [2.75, 3.05) is 26.8 Å². The number of hydrogen-bond acceptors (Lipinski definition) is 6. The molecule has 1 fully saturated rings. The zero-order valence-corrected chi connectivity index (χ0v) is 10.9. The van der Waals surface area contributed by atoms with Gasteiger partial charge in [0.2, 0.25) is 5.82 Å². The minimum absolute atomic E-state index is 0.132. The summed E-state index contributed by atoms with van der Waals surface area (Å²) in [5.74, 6) is 0.106. The number of rotatable bonds is 3. The second-order valence-corrected chi connectivity index (χ2v) is 4.27. The number of carbonyl (C=O) groups is 2. The van der Waals surface area contributed by atoms with Crippen LogP contribution in [0.4, 0.5) is 0 Å². The van der Waals surface area contributed by atoms with Crippen LogP contribution in [0.3, 0.4) is 0 Å². The molecule has 1 aromatic heterocycles. The van der Waals surface area contributed by atoms with E-state index in [4.69, 9.17) is 4.74 Å². The van der Waals surface area contributed by atoms with Gasteiger partial charge < -0.3 is 14.4 Å². The first-order valence-electron chi connectivity index (χ1n) is 5.97. The number of aromatic amines is 1. The number of aryl methyl sites for hydroxylation is 1. The number of H-pyrrole nitrogens is 1. The van der Waals surface area contributed by atoms with Crippen molar-refractivity contribution in [1.82, 2.24) is 20.1 Å². The van der Waals surface area contributed by atoms with Gasteiger partial charge >= 0.3 is 5.97 Å². The van der Waals surface area contributed by atoms with Gasteiger partial charge in [-0.15, -0.1) is 5.10 Å². The van der Waals surface area contributed by atoms with E-state index in [-0.39, 0.29) is 30.2 Å². The Morgan fingerprint density at radius 3 is 3.00 bits per heavy atom. The molecule has 1 saturated heterocycles. The van der Waals surface area contributed by atoms with Crippen LogP contribution in [0.15, 0.2) is 0 Å². The second-order valence-electron chi connectivity index (χ2n) is 4.27. The van der Waals surface area contributed by atoms with E-state index in [2.05, 4.69) is 19.9 Å². The number of ether oxygens (including phenoxy) is 2. The Morgan fingerprint density at radius 2 is 2.37 bits per heavy atom. The first kappa shape index (κ1) is 13.5. The minimum atomic E-state index is -0.354. The van der Waals surface area contributed by atoms with E-state index < -0.39 is 0 Å². The molecule has 1 atom stereocenters. The average molecular weight is 268 g/mol. The third-order valence-corrected chi connectivity index (χ3v) is 2.84. The van der Waals surface area contributed by atoms with Gasteiger partial charge in [-0.25, -0.2) is 4.98 Å². The Kier molecular flexibility index (Phi) is 4.10. The highest BCUT2D eigenvalue weighted by Gasteiger charge is 2.28. The van der Waals surface area contributed by atoms with Gasteiger partial charge in [-0.05, 0) is 6.92 Å². The van der Waals surface area contributed by atoms with Crippen molar-refractivity contribution in [3.8, 4) is 0 Å². The molecule has 1 amide bonds. The van der Waals surface area contributed by atoms with Crippen LogP contribution >= 0.6 is 0 Å². The molecule has 0 bridgehead atoms. The first-order valence-corrected chi connectivity index (χ1v) is 5.97. The Bertz CT molecular complexity index is 473. The van der Waals surface area contributed by atoms with E-state index in [9.17, 15) is 9.59 Å². The van der Waals surface area contributed by atoms with Crippen LogP contribution in [0.25, 0.3) is 0 Å². The van der Waals surface area contributed by atoms with Crippen molar-refractivity contribution < 1.29 is 19.1 Å². The highest BCUT2D eigenvalue weighted by molar-refractivity contribution is 5.90. The van der Waals surface area contributed by atoms with Gasteiger partial charge in [-0.2, -0.15) is 0 Å². The molecule has 0 aromatic carbocycles. The highest BCUT2D eigenvalue weighted by Crippen LogP contribution is 2.11. The van der Waals surface area contributed by atoms with Crippen molar-refractivity contribution in [3.63, 3.8) is 0 Å². The summed E-state index contributed by atoms with van der Waals surface area (Å²) >= 11 is 0. The van der Waals surface area contributed by atoms with Crippen LogP contribution < -0.4 is 0 Å². The zero-order valence-electron chi connectivity index (χ0n) is 10.9. The largest absolute Gasteiger partial charge is 0.469 e. The van der Waals surface area contributed by atoms with Crippen LogP contribution in [0.1, 0.15) is 22.9 Å². The molecule has 2 rings (SSSR count). The van der Waals surface area contributed by atoms with Crippen molar-refractivity contribution in [2.45, 2.75) is 19.4 Å². The lowest BCUT2D eigenvalue weighted by Crippen LogP contribution is -2.46. The van der Waals surface area contributed by atoms with Gasteiger partial charge in [-0.3, -0.25) is 14.7 Å². The summed E-state index contributed by atoms with van der Waals surface area (Å²) in [4.78, 5) is 28.9. The summed E-state index contributed by atoms with van der Waals surface area (Å²) in [5.41, 5.74) is 0. The molecule has 0 aliphatic carbocycles. The molecule has 0 spiro atoms. The summed E-state index contributed by atoms with van der Waals surface area (Å²) in [6.45, 7) is 2.91. The number of hydrogen-bond donors (Lipinski definition) is 1. The van der Waals surface area contributed by atoms with Gasteiger partial charge in [0.05, 0.1) is 26.2 Å². The van der Waals surface area contributed by atoms with Crippen molar-refractivity contribution in [2.24, 2.45) is 0 Å². The van der Waals surface area contributed by atoms with Gasteiger partial charge in [-0.1, -0.05) is 0 Å². The third kappa shape index (κ3) is 3.28. The smallest absolute Gasteiger partial charge is 0.308 e. The summed E-state index contributed by atoms with van der Waals surface area (Å²) < 4.78 is 10.0. The Labute approximate surface area is 110 Å². The predicted molar refractivity (Wildman–Crippen MR) is 63.4 cm³/mol. The molecule has 0 radical (unpaired) electrons. The second kappa shape index (κ2) is 5.79. The molecule has 19 heavy (non-hydrogen) atoms. The van der Waals surface area contributed by atoms with E-state index >= 15 is 0 Å². The van der Waals surface area contributed by atoms with Gasteiger partial charge in [0.25, 0.3) is 5.91 Å². The Hall–Kier alpha value is -1.96. The quantitative estimate of drug-likeness (QED) is 0.743. The summed E-state index contributed by atoms with van der Waals surface area (Å²) in [5, 5.41) is 6.46. The molecule has 1 aliphatic rings. The van der Waals surface area contributed by atoms with E-state index in [1.807, 2.05) is 0 Å². The molecule has 1 aromatic rings. The molecular formula is C11H16N4O4. The number of nitrogens with zero attached hydrogens (tertiary/aromatic N) is 3. The lowest BCUT2D eigenvalue weighted by atomic mass is 10.2. The molecule has 1 unspecified atom stereocenters. The number of morpholine rings is 1. The maximum absolute atomic E-state index is 12.1. The zero-order chi connectivity index (χ0) is 13.8. The summed E-state index contributed by atoms with van der Waals surface area (Å²) in [6, 6.07) is 0. The van der Waals surface area contributed by atoms with Crippen molar-refractivity contribution in [3.05, 3.63) is 11.6 Å². The number of aromatic nitrogens is 3. The number of carbonyl (C=O) groups excluding carboxylic acids is 2. The fourth-order valence-electron chi connectivity index (χ4n) is 1.88. The van der Waals surface area contributed by atoms with Gasteiger partial charge in [0.15, 0.2) is 0 Å². The van der Waals surface area contributed by atoms with Gasteiger partial charge in [0.1, 0.15) is 5.82 Å². The Morgan fingerprint density at radius 1 is 1.58 bits per heavy atom. The number of amides is 1. The Balaban J connectivity index is 1.97. The lowest BCUT2D eigenvalue weighted by Gasteiger charge is -2.31. The van der Waals surface area contributed by atoms with E-state index in [0.717, 1.165) is 0 Å². The lowest BCUT2D eigenvalue weighted by molar-refractivity contribution is -0.145. The number of nitrogens with one attached hydrogen (secondary N) is 1. The third-order valence-electron chi connectivity index (χ3n) is 2.84. The minimum Gasteiger partial charge on any atom is -0.469 e. The number of esters is 1. The van der Waals surface area contributed by atoms with E-state index in [1.165, 1.54) is 7.11 Å². The first-order chi connectivity index (χ1) is 9.10. The predicted octanol–water partition coefficient (Wildman–Crippen LogP) is -0.483. The molecule has 8 nitrogen and oxygen atoms in total. The van der Waals surface area contributed by atoms with Crippen LogP contribution in [0.2, 0.25) is 0 Å². The van der Waals surface area contributed by atoms with E-state index in [0.29, 0.717) is 25.5 Å². The standard InChI is InChI=1S/C11H16N4O4/c1-7-12-10(14-13-7)11(17)15-3-4-19-8(6-15)5-9(16)18-2/h8H,3-6H2,1-2H3,(H,12,13,14). The molecule has 1 N–H and O–H groups in total. The van der Waals surface area contributed by atoms with Gasteiger partial charge in [0, 0.05) is 13.1 Å². The van der Waals surface area contributed by atoms with Crippen LogP contribution in [-0.2, 0) is 14.3 Å². The van der Waals surface area contributed by atoms with Crippen LogP contribution in [0, 0.1) is 6.92 Å². The molecule has 0 saturated carbocycles. The van der Waals surface area contributed by atoms with Crippen LogP contribution in [-0.4, -0.2) is 64.9 Å². The van der Waals surface area contributed by atoms with Crippen molar-refractivity contribution >= 4 is 11.9 Å². The number of methoxy groups -OCH3 is 1. The molecule has 1 aliphatic heterocycles. The maximum atomic E-state index is 12.1. The average Bonchev–Trinajstić information content (AvgIpc) is 2.84. The molecule has 2 heterocycles. The molecule has 8 heteroatoms. The topological polar surface area (TPSA) is 97.4 Å². The molecular weight excluding hydrogens is 252 g/mol. The maximum Gasteiger partial charge on any atom is 0.308 e. The molecule has 104 valence electrons. The highest BCUT2D eigenvalue weighted by atomic mass is 16.5. The van der Waals surface area contributed by atoms with E-state index in [1.54, 1.807) is 11.8 Å². The normalized spacial score (nSPS) is 19.3. The van der Waals surface area contributed by atoms with Crippen molar-refractivity contribution in [1.29, 1.82) is 0 Å². The summed E-state index contributed by atoms with van der Waals surface area (Å²) in [6.07, 6.45) is -0.210. The monoisotopic (exact) mass is 268 g/mol. The SMILES string of the molecule is COC(=O)CC1CN(C(=O)c2n[nH]c(C)n2)CCO1. The van der Waals surface area contributed by atoms with Crippen LogP contribution in [0.5, 0.6) is 0 Å². The summed E-state index contributed by atoms with van der Waals surface area (Å²) in [7, 11) is 1.32. The fourth-order valence-corrected chi connectivity index (χ4v) is 1.88. The fraction of sp³-hybridized carbons (Fsp3) is 0.636.